The van der Waals surface area contributed by atoms with Gasteiger partial charge in [-0.3, -0.25) is 0 Å². The maximum atomic E-state index is 6.63. The predicted octanol–water partition coefficient (Wildman–Crippen LogP) is 15.4. The molecule has 12 rings (SSSR count). The molecular formula is C57H37NO. The van der Waals surface area contributed by atoms with Crippen LogP contribution in [0.3, 0.4) is 0 Å². The Kier molecular flexibility index (Phi) is 7.48. The molecule has 0 bridgehead atoms. The first-order chi connectivity index (χ1) is 29.3. The number of hydrogen-bond acceptors (Lipinski definition) is 2. The molecule has 1 aliphatic carbocycles. The quantitative estimate of drug-likeness (QED) is 0.168. The monoisotopic (exact) mass is 751 g/mol. The Hall–Kier alpha value is -7.68. The number of para-hydroxylation sites is 1. The molecule has 0 amide bonds. The smallest absolute Gasteiger partial charge is 0.143 e. The zero-order chi connectivity index (χ0) is 38.9. The standard InChI is InChI=1S/C57H37NO/c1-3-18-42(19-4-1)57(43-20-5-2-6-21-43)50-26-13-11-25-48(50)55-51(57)27-15-28-52(55)58(44-34-32-39(33-35-44)41-31-30-38-16-7-8-17-40(38)36-41)53-37-49-46-23-12-14-29-54(46)59-56(49)47-24-10-9-22-45(47)53/h1-37H. The van der Waals surface area contributed by atoms with Gasteiger partial charge in [0.05, 0.1) is 16.8 Å². The van der Waals surface area contributed by atoms with Crippen LogP contribution >= 0.6 is 0 Å². The summed E-state index contributed by atoms with van der Waals surface area (Å²) in [5, 5.41) is 6.90. The van der Waals surface area contributed by atoms with Crippen molar-refractivity contribution in [3.8, 4) is 22.3 Å². The van der Waals surface area contributed by atoms with E-state index in [1.807, 2.05) is 6.07 Å². The van der Waals surface area contributed by atoms with Crippen molar-refractivity contribution in [1.29, 1.82) is 0 Å². The molecule has 0 unspecified atom stereocenters. The summed E-state index contributed by atoms with van der Waals surface area (Å²) in [5.41, 5.74) is 14.5. The summed E-state index contributed by atoms with van der Waals surface area (Å²) in [6.07, 6.45) is 0. The van der Waals surface area contributed by atoms with Crippen LogP contribution in [-0.2, 0) is 5.41 Å². The van der Waals surface area contributed by atoms with Gasteiger partial charge in [0.15, 0.2) is 0 Å². The van der Waals surface area contributed by atoms with E-state index in [9.17, 15) is 0 Å². The highest BCUT2D eigenvalue weighted by Crippen LogP contribution is 2.60. The van der Waals surface area contributed by atoms with Gasteiger partial charge in [0, 0.05) is 32.8 Å². The molecule has 0 saturated carbocycles. The van der Waals surface area contributed by atoms with Crippen LogP contribution in [0.5, 0.6) is 0 Å². The molecule has 1 aliphatic rings. The molecule has 0 aliphatic heterocycles. The van der Waals surface area contributed by atoms with Crippen LogP contribution in [-0.4, -0.2) is 0 Å². The Labute approximate surface area is 342 Å². The number of hydrogen-bond donors (Lipinski definition) is 0. The molecule has 11 aromatic rings. The summed E-state index contributed by atoms with van der Waals surface area (Å²) in [7, 11) is 0. The Morgan fingerprint density at radius 2 is 0.983 bits per heavy atom. The Morgan fingerprint density at radius 1 is 0.373 bits per heavy atom. The highest BCUT2D eigenvalue weighted by molar-refractivity contribution is 6.20. The van der Waals surface area contributed by atoms with E-state index in [0.29, 0.717) is 0 Å². The second-order valence-electron chi connectivity index (χ2n) is 15.6. The summed E-state index contributed by atoms with van der Waals surface area (Å²) in [4.78, 5) is 2.50. The van der Waals surface area contributed by atoms with E-state index >= 15 is 0 Å². The maximum Gasteiger partial charge on any atom is 0.143 e. The molecular weight excluding hydrogens is 715 g/mol. The first-order valence-electron chi connectivity index (χ1n) is 20.3. The van der Waals surface area contributed by atoms with Crippen LogP contribution in [0.25, 0.3) is 65.7 Å². The molecule has 0 spiro atoms. The number of nitrogens with zero attached hydrogens (tertiary/aromatic N) is 1. The van der Waals surface area contributed by atoms with Crippen LogP contribution in [0.2, 0.25) is 0 Å². The van der Waals surface area contributed by atoms with Gasteiger partial charge in [-0.05, 0) is 86.1 Å². The number of anilines is 3. The number of fused-ring (bicyclic) bond motifs is 9. The van der Waals surface area contributed by atoms with Gasteiger partial charge >= 0.3 is 0 Å². The minimum absolute atomic E-state index is 0.525. The minimum Gasteiger partial charge on any atom is -0.455 e. The van der Waals surface area contributed by atoms with Crippen LogP contribution in [0.4, 0.5) is 17.1 Å². The van der Waals surface area contributed by atoms with Gasteiger partial charge in [0.25, 0.3) is 0 Å². The lowest BCUT2D eigenvalue weighted by Crippen LogP contribution is -2.28. The van der Waals surface area contributed by atoms with Crippen LogP contribution in [0.15, 0.2) is 229 Å². The van der Waals surface area contributed by atoms with E-state index in [1.165, 1.54) is 55.3 Å². The van der Waals surface area contributed by atoms with Crippen molar-refractivity contribution in [3.63, 3.8) is 0 Å². The van der Waals surface area contributed by atoms with Gasteiger partial charge in [0.1, 0.15) is 11.2 Å². The second kappa shape index (κ2) is 13.2. The van der Waals surface area contributed by atoms with Crippen molar-refractivity contribution >= 4 is 60.5 Å². The third kappa shape index (κ3) is 5.00. The molecule has 2 nitrogen and oxygen atoms in total. The van der Waals surface area contributed by atoms with E-state index in [-0.39, 0.29) is 0 Å². The van der Waals surface area contributed by atoms with Gasteiger partial charge in [-0.2, -0.15) is 0 Å². The van der Waals surface area contributed by atoms with Crippen molar-refractivity contribution in [1.82, 2.24) is 0 Å². The predicted molar refractivity (Wildman–Crippen MR) is 246 cm³/mol. The molecule has 0 fully saturated rings. The Balaban J connectivity index is 1.16. The topological polar surface area (TPSA) is 16.4 Å². The highest BCUT2D eigenvalue weighted by Gasteiger charge is 2.47. The molecule has 276 valence electrons. The Morgan fingerprint density at radius 3 is 1.76 bits per heavy atom. The normalized spacial score (nSPS) is 12.9. The SMILES string of the molecule is c1ccc(C2(c3ccccc3)c3ccccc3-c3c(N(c4ccc(-c5ccc6ccccc6c5)cc4)c4cc5c6ccccc6oc5c5ccccc45)cccc32)cc1. The zero-order valence-electron chi connectivity index (χ0n) is 32.2. The largest absolute Gasteiger partial charge is 0.455 e. The molecule has 0 N–H and O–H groups in total. The Bertz CT molecular complexity index is 3340. The van der Waals surface area contributed by atoms with E-state index in [1.54, 1.807) is 0 Å². The lowest BCUT2D eigenvalue weighted by Gasteiger charge is -2.34. The average Bonchev–Trinajstić information content (AvgIpc) is 3.84. The fraction of sp³-hybridized carbons (Fsp3) is 0.0175. The molecule has 59 heavy (non-hydrogen) atoms. The minimum atomic E-state index is -0.525. The van der Waals surface area contributed by atoms with Crippen LogP contribution in [0.1, 0.15) is 22.3 Å². The fourth-order valence-corrected chi connectivity index (χ4v) is 9.95. The van der Waals surface area contributed by atoms with Crippen molar-refractivity contribution in [2.45, 2.75) is 5.41 Å². The van der Waals surface area contributed by atoms with E-state index in [0.717, 1.165) is 49.8 Å². The lowest BCUT2D eigenvalue weighted by molar-refractivity contribution is 0.672. The van der Waals surface area contributed by atoms with Crippen molar-refractivity contribution < 1.29 is 4.42 Å². The second-order valence-corrected chi connectivity index (χ2v) is 15.6. The van der Waals surface area contributed by atoms with Crippen molar-refractivity contribution in [3.05, 3.63) is 247 Å². The summed E-state index contributed by atoms with van der Waals surface area (Å²) in [5.74, 6) is 0. The van der Waals surface area contributed by atoms with E-state index < -0.39 is 5.41 Å². The summed E-state index contributed by atoms with van der Waals surface area (Å²) < 4.78 is 6.63. The van der Waals surface area contributed by atoms with Gasteiger partial charge < -0.3 is 9.32 Å². The van der Waals surface area contributed by atoms with Gasteiger partial charge in [-0.15, -0.1) is 0 Å². The van der Waals surface area contributed by atoms with Gasteiger partial charge in [-0.1, -0.05) is 188 Å². The van der Waals surface area contributed by atoms with Crippen molar-refractivity contribution in [2.75, 3.05) is 4.90 Å². The first-order valence-corrected chi connectivity index (χ1v) is 20.3. The third-order valence-corrected chi connectivity index (χ3v) is 12.5. The summed E-state index contributed by atoms with van der Waals surface area (Å²) in [6, 6.07) is 81.9. The van der Waals surface area contributed by atoms with E-state index in [2.05, 4.69) is 223 Å². The summed E-state index contributed by atoms with van der Waals surface area (Å²) in [6.45, 7) is 0. The molecule has 1 heterocycles. The number of benzene rings is 10. The molecule has 10 aromatic carbocycles. The number of furan rings is 1. The highest BCUT2D eigenvalue weighted by atomic mass is 16.3. The maximum absolute atomic E-state index is 6.63. The molecule has 0 saturated heterocycles. The van der Waals surface area contributed by atoms with E-state index in [4.69, 9.17) is 4.42 Å². The molecule has 2 heteroatoms. The van der Waals surface area contributed by atoms with Crippen molar-refractivity contribution in [2.24, 2.45) is 0 Å². The zero-order valence-corrected chi connectivity index (χ0v) is 32.2. The van der Waals surface area contributed by atoms with Gasteiger partial charge in [0.2, 0.25) is 0 Å². The van der Waals surface area contributed by atoms with Crippen LogP contribution in [0, 0.1) is 0 Å². The average molecular weight is 752 g/mol. The third-order valence-electron chi connectivity index (χ3n) is 12.5. The van der Waals surface area contributed by atoms with Gasteiger partial charge in [-0.25, -0.2) is 0 Å². The number of rotatable bonds is 6. The molecule has 0 atom stereocenters. The summed E-state index contributed by atoms with van der Waals surface area (Å²) >= 11 is 0. The van der Waals surface area contributed by atoms with Crippen LogP contribution < -0.4 is 4.90 Å². The first kappa shape index (κ1) is 33.5. The lowest BCUT2D eigenvalue weighted by atomic mass is 9.68. The molecule has 0 radical (unpaired) electrons. The fourth-order valence-electron chi connectivity index (χ4n) is 9.95. The molecule has 1 aromatic heterocycles.